The van der Waals surface area contributed by atoms with Gasteiger partial charge in [0, 0.05) is 25.7 Å². The van der Waals surface area contributed by atoms with E-state index in [0.29, 0.717) is 13.2 Å². The first-order chi connectivity index (χ1) is 6.74. The van der Waals surface area contributed by atoms with Gasteiger partial charge in [-0.3, -0.25) is 4.90 Å². The second-order valence-electron chi connectivity index (χ2n) is 4.43. The van der Waals surface area contributed by atoms with Crippen LogP contribution in [-0.4, -0.2) is 43.8 Å². The van der Waals surface area contributed by atoms with Crippen LogP contribution in [0.5, 0.6) is 0 Å². The fourth-order valence-corrected chi connectivity index (χ4v) is 2.06. The van der Waals surface area contributed by atoms with Crippen molar-refractivity contribution >= 4 is 0 Å². The normalized spacial score (nSPS) is 29.4. The second-order valence-corrected chi connectivity index (χ2v) is 4.43. The molecule has 0 aromatic rings. The van der Waals surface area contributed by atoms with E-state index in [1.165, 1.54) is 19.4 Å². The van der Waals surface area contributed by atoms with E-state index in [9.17, 15) is 0 Å². The summed E-state index contributed by atoms with van der Waals surface area (Å²) in [6, 6.07) is 0.729. The van der Waals surface area contributed by atoms with Crippen LogP contribution < -0.4 is 5.73 Å². The Morgan fingerprint density at radius 3 is 2.79 bits per heavy atom. The summed E-state index contributed by atoms with van der Waals surface area (Å²) in [4.78, 5) is 2.53. The van der Waals surface area contributed by atoms with Crippen molar-refractivity contribution in [2.24, 2.45) is 11.7 Å². The molecule has 3 heteroatoms. The first-order valence-electron chi connectivity index (χ1n) is 5.76. The molecule has 0 saturated carbocycles. The van der Waals surface area contributed by atoms with Crippen molar-refractivity contribution in [3.8, 4) is 0 Å². The lowest BCUT2D eigenvalue weighted by Gasteiger charge is -2.36. The van der Waals surface area contributed by atoms with Gasteiger partial charge in [0.25, 0.3) is 0 Å². The van der Waals surface area contributed by atoms with Crippen molar-refractivity contribution in [1.29, 1.82) is 0 Å². The quantitative estimate of drug-likeness (QED) is 0.675. The van der Waals surface area contributed by atoms with Gasteiger partial charge < -0.3 is 10.5 Å². The summed E-state index contributed by atoms with van der Waals surface area (Å²) in [5.41, 5.74) is 5.36. The second kappa shape index (κ2) is 6.38. The minimum absolute atomic E-state index is 0.631. The molecule has 0 aromatic heterocycles. The lowest BCUT2D eigenvalue weighted by molar-refractivity contribution is 0.0659. The maximum absolute atomic E-state index is 5.40. The number of nitrogens with zero attached hydrogens (tertiary/aromatic N) is 1. The Labute approximate surface area is 87.6 Å². The number of piperidine rings is 1. The fraction of sp³-hybridized carbons (Fsp3) is 1.00. The third-order valence-electron chi connectivity index (χ3n) is 3.03. The van der Waals surface area contributed by atoms with Crippen LogP contribution >= 0.6 is 0 Å². The highest BCUT2D eigenvalue weighted by Crippen LogP contribution is 2.20. The lowest BCUT2D eigenvalue weighted by atomic mass is 9.95. The molecule has 2 N–H and O–H groups in total. The highest BCUT2D eigenvalue weighted by molar-refractivity contribution is 4.76. The molecule has 0 aliphatic carbocycles. The van der Waals surface area contributed by atoms with Gasteiger partial charge in [-0.05, 0) is 25.7 Å². The molecular formula is C11H24N2O. The zero-order valence-electron chi connectivity index (χ0n) is 9.54. The molecule has 0 aromatic carbocycles. The molecule has 1 aliphatic rings. The van der Waals surface area contributed by atoms with Gasteiger partial charge in [-0.15, -0.1) is 0 Å². The van der Waals surface area contributed by atoms with Gasteiger partial charge >= 0.3 is 0 Å². The van der Waals surface area contributed by atoms with Gasteiger partial charge in [0.1, 0.15) is 0 Å². The van der Waals surface area contributed by atoms with Gasteiger partial charge in [0.2, 0.25) is 0 Å². The molecule has 1 rings (SSSR count). The summed E-state index contributed by atoms with van der Waals surface area (Å²) in [6.45, 7) is 9.09. The molecule has 1 fully saturated rings. The molecule has 1 aliphatic heterocycles. The summed E-state index contributed by atoms with van der Waals surface area (Å²) in [6.07, 6.45) is 2.71. The molecule has 0 bridgehead atoms. The fourth-order valence-electron chi connectivity index (χ4n) is 2.06. The highest BCUT2D eigenvalue weighted by atomic mass is 16.5. The standard InChI is InChI=1S/C11H24N2O/c1-10-3-4-11(2)13(9-10)6-8-14-7-5-12/h10-11H,3-9,12H2,1-2H3. The van der Waals surface area contributed by atoms with Crippen molar-refractivity contribution in [3.05, 3.63) is 0 Å². The zero-order valence-corrected chi connectivity index (χ0v) is 9.54. The van der Waals surface area contributed by atoms with Crippen LogP contribution in [0, 0.1) is 5.92 Å². The smallest absolute Gasteiger partial charge is 0.0594 e. The largest absolute Gasteiger partial charge is 0.379 e. The van der Waals surface area contributed by atoms with E-state index < -0.39 is 0 Å². The minimum Gasteiger partial charge on any atom is -0.379 e. The molecular weight excluding hydrogens is 176 g/mol. The third kappa shape index (κ3) is 3.95. The van der Waals surface area contributed by atoms with Crippen LogP contribution in [0.2, 0.25) is 0 Å². The lowest BCUT2D eigenvalue weighted by Crippen LogP contribution is -2.42. The van der Waals surface area contributed by atoms with E-state index in [2.05, 4.69) is 18.7 Å². The van der Waals surface area contributed by atoms with Crippen LogP contribution in [0.25, 0.3) is 0 Å². The van der Waals surface area contributed by atoms with Gasteiger partial charge in [-0.2, -0.15) is 0 Å². The summed E-state index contributed by atoms with van der Waals surface area (Å²) in [7, 11) is 0. The molecule has 0 radical (unpaired) electrons. The van der Waals surface area contributed by atoms with E-state index >= 15 is 0 Å². The SMILES string of the molecule is CC1CCC(C)N(CCOCCN)C1. The Hall–Kier alpha value is -0.120. The van der Waals surface area contributed by atoms with Crippen molar-refractivity contribution in [1.82, 2.24) is 4.90 Å². The van der Waals surface area contributed by atoms with Gasteiger partial charge in [-0.25, -0.2) is 0 Å². The van der Waals surface area contributed by atoms with Gasteiger partial charge in [0.05, 0.1) is 13.2 Å². The molecule has 1 saturated heterocycles. The third-order valence-corrected chi connectivity index (χ3v) is 3.03. The Bertz CT molecular complexity index is 152. The first kappa shape index (κ1) is 12.0. The van der Waals surface area contributed by atoms with Crippen LogP contribution in [-0.2, 0) is 4.74 Å². The number of nitrogens with two attached hydrogens (primary N) is 1. The molecule has 0 spiro atoms. The van der Waals surface area contributed by atoms with Crippen LogP contribution in [0.15, 0.2) is 0 Å². The van der Waals surface area contributed by atoms with Crippen molar-refractivity contribution in [2.45, 2.75) is 32.7 Å². The van der Waals surface area contributed by atoms with E-state index in [1.807, 2.05) is 0 Å². The van der Waals surface area contributed by atoms with Crippen LogP contribution in [0.3, 0.4) is 0 Å². The summed E-state index contributed by atoms with van der Waals surface area (Å²) in [5.74, 6) is 0.848. The number of likely N-dealkylation sites (tertiary alicyclic amines) is 1. The number of hydrogen-bond donors (Lipinski definition) is 1. The van der Waals surface area contributed by atoms with Crippen molar-refractivity contribution in [2.75, 3.05) is 32.8 Å². The summed E-state index contributed by atoms with van der Waals surface area (Å²) < 4.78 is 5.40. The Morgan fingerprint density at radius 2 is 2.07 bits per heavy atom. The van der Waals surface area contributed by atoms with Crippen molar-refractivity contribution in [3.63, 3.8) is 0 Å². The predicted octanol–water partition coefficient (Wildman–Crippen LogP) is 1.08. The maximum atomic E-state index is 5.40. The predicted molar refractivity (Wildman–Crippen MR) is 59.3 cm³/mol. The molecule has 3 nitrogen and oxygen atoms in total. The topological polar surface area (TPSA) is 38.5 Å². The van der Waals surface area contributed by atoms with E-state index in [4.69, 9.17) is 10.5 Å². The Morgan fingerprint density at radius 1 is 1.29 bits per heavy atom. The highest BCUT2D eigenvalue weighted by Gasteiger charge is 2.21. The summed E-state index contributed by atoms with van der Waals surface area (Å²) >= 11 is 0. The van der Waals surface area contributed by atoms with Crippen LogP contribution in [0.1, 0.15) is 26.7 Å². The van der Waals surface area contributed by atoms with E-state index in [1.54, 1.807) is 0 Å². The zero-order chi connectivity index (χ0) is 10.4. The Balaban J connectivity index is 2.14. The molecule has 84 valence electrons. The Kier molecular flexibility index (Phi) is 5.45. The molecule has 0 amide bonds. The minimum atomic E-state index is 0.631. The molecule has 14 heavy (non-hydrogen) atoms. The average Bonchev–Trinajstić information content (AvgIpc) is 2.18. The monoisotopic (exact) mass is 200 g/mol. The molecule has 2 atom stereocenters. The molecule has 1 heterocycles. The van der Waals surface area contributed by atoms with E-state index in [0.717, 1.165) is 25.1 Å². The van der Waals surface area contributed by atoms with Crippen molar-refractivity contribution < 1.29 is 4.74 Å². The number of hydrogen-bond acceptors (Lipinski definition) is 3. The first-order valence-corrected chi connectivity index (χ1v) is 5.76. The average molecular weight is 200 g/mol. The van der Waals surface area contributed by atoms with Gasteiger partial charge in [-0.1, -0.05) is 6.92 Å². The number of ether oxygens (including phenoxy) is 1. The molecule has 2 unspecified atom stereocenters. The number of rotatable bonds is 5. The van der Waals surface area contributed by atoms with Gasteiger partial charge in [0.15, 0.2) is 0 Å². The summed E-state index contributed by atoms with van der Waals surface area (Å²) in [5, 5.41) is 0. The van der Waals surface area contributed by atoms with E-state index in [-0.39, 0.29) is 0 Å². The van der Waals surface area contributed by atoms with Crippen LogP contribution in [0.4, 0.5) is 0 Å². The maximum Gasteiger partial charge on any atom is 0.0594 e.